The monoisotopic (exact) mass is 333 g/mol. The number of nitrogens with zero attached hydrogens (tertiary/aromatic N) is 2. The number of anilines is 1. The molecular formula is C15H16BrN3O. The van der Waals surface area contributed by atoms with Gasteiger partial charge in [-0.3, -0.25) is 0 Å². The van der Waals surface area contributed by atoms with E-state index in [1.807, 2.05) is 18.2 Å². The lowest BCUT2D eigenvalue weighted by molar-refractivity contribution is 0.0758. The van der Waals surface area contributed by atoms with Gasteiger partial charge in [-0.15, -0.1) is 0 Å². The van der Waals surface area contributed by atoms with Crippen LogP contribution in [0.3, 0.4) is 0 Å². The molecule has 4 nitrogen and oxygen atoms in total. The van der Waals surface area contributed by atoms with Crippen LogP contribution in [-0.4, -0.2) is 15.6 Å². The molecule has 1 N–H and O–H groups in total. The van der Waals surface area contributed by atoms with E-state index in [9.17, 15) is 0 Å². The lowest BCUT2D eigenvalue weighted by Crippen LogP contribution is -2.37. The van der Waals surface area contributed by atoms with Crippen molar-refractivity contribution >= 4 is 21.9 Å². The van der Waals surface area contributed by atoms with Crippen LogP contribution >= 0.6 is 15.9 Å². The van der Waals surface area contributed by atoms with Crippen molar-refractivity contribution in [2.45, 2.75) is 31.9 Å². The summed E-state index contributed by atoms with van der Waals surface area (Å²) in [6.45, 7) is 4.19. The zero-order chi connectivity index (χ0) is 14.2. The molecule has 0 bridgehead atoms. The minimum Gasteiger partial charge on any atom is -0.487 e. The number of rotatable bonds is 2. The van der Waals surface area contributed by atoms with Gasteiger partial charge in [-0.2, -0.15) is 0 Å². The minimum absolute atomic E-state index is 0.149. The number of ether oxygens (including phenoxy) is 1. The summed E-state index contributed by atoms with van der Waals surface area (Å²) in [5.74, 6) is 1.56. The summed E-state index contributed by atoms with van der Waals surface area (Å²) >= 11 is 3.34. The Balaban J connectivity index is 1.90. The van der Waals surface area contributed by atoms with E-state index < -0.39 is 0 Å². The topological polar surface area (TPSA) is 47.0 Å². The SMILES string of the molecule is CC1(C)CC(Nc2ncc(Br)cn2)c2ccccc2O1. The van der Waals surface area contributed by atoms with Crippen LogP contribution in [0.5, 0.6) is 5.75 Å². The highest BCUT2D eigenvalue weighted by Crippen LogP contribution is 2.40. The average Bonchev–Trinajstić information content (AvgIpc) is 2.40. The predicted octanol–water partition coefficient (Wildman–Crippen LogP) is 3.95. The van der Waals surface area contributed by atoms with Gasteiger partial charge in [0.25, 0.3) is 0 Å². The van der Waals surface area contributed by atoms with Gasteiger partial charge in [0.1, 0.15) is 11.4 Å². The fourth-order valence-corrected chi connectivity index (χ4v) is 2.68. The van der Waals surface area contributed by atoms with Crippen LogP contribution in [0.25, 0.3) is 0 Å². The smallest absolute Gasteiger partial charge is 0.223 e. The molecule has 1 aromatic heterocycles. The maximum Gasteiger partial charge on any atom is 0.223 e. The van der Waals surface area contributed by atoms with Gasteiger partial charge >= 0.3 is 0 Å². The number of hydrogen-bond donors (Lipinski definition) is 1. The van der Waals surface area contributed by atoms with Crippen molar-refractivity contribution in [1.29, 1.82) is 0 Å². The zero-order valence-corrected chi connectivity index (χ0v) is 13.0. The van der Waals surface area contributed by atoms with E-state index >= 15 is 0 Å². The maximum absolute atomic E-state index is 6.02. The molecule has 0 amide bonds. The molecule has 0 spiro atoms. The molecule has 1 unspecified atom stereocenters. The van der Waals surface area contributed by atoms with Crippen LogP contribution in [0.1, 0.15) is 31.9 Å². The second kappa shape index (κ2) is 5.05. The first-order chi connectivity index (χ1) is 9.53. The number of halogens is 1. The minimum atomic E-state index is -0.207. The summed E-state index contributed by atoms with van der Waals surface area (Å²) in [6, 6.07) is 8.26. The number of benzene rings is 1. The van der Waals surface area contributed by atoms with Crippen molar-refractivity contribution in [2.75, 3.05) is 5.32 Å². The summed E-state index contributed by atoms with van der Waals surface area (Å²) in [7, 11) is 0. The Bertz CT molecular complexity index is 613. The first kappa shape index (κ1) is 13.4. The molecule has 20 heavy (non-hydrogen) atoms. The van der Waals surface area contributed by atoms with Gasteiger partial charge in [0, 0.05) is 24.4 Å². The van der Waals surface area contributed by atoms with Crippen molar-refractivity contribution in [3.63, 3.8) is 0 Å². The maximum atomic E-state index is 6.02. The van der Waals surface area contributed by atoms with Crippen LogP contribution < -0.4 is 10.1 Å². The molecule has 104 valence electrons. The third kappa shape index (κ3) is 2.77. The summed E-state index contributed by atoms with van der Waals surface area (Å²) in [5.41, 5.74) is 0.944. The molecule has 1 atom stereocenters. The molecule has 2 heterocycles. The lowest BCUT2D eigenvalue weighted by atomic mass is 9.90. The van der Waals surface area contributed by atoms with Crippen LogP contribution in [0.2, 0.25) is 0 Å². The quantitative estimate of drug-likeness (QED) is 0.903. The molecular weight excluding hydrogens is 318 g/mol. The summed E-state index contributed by atoms with van der Waals surface area (Å²) in [5, 5.41) is 3.40. The number of hydrogen-bond acceptors (Lipinski definition) is 4. The number of para-hydroxylation sites is 1. The fraction of sp³-hybridized carbons (Fsp3) is 0.333. The Labute approximate surface area is 126 Å². The van der Waals surface area contributed by atoms with Gasteiger partial charge in [0.15, 0.2) is 0 Å². The van der Waals surface area contributed by atoms with E-state index in [1.54, 1.807) is 12.4 Å². The van der Waals surface area contributed by atoms with Gasteiger partial charge in [0.05, 0.1) is 10.5 Å². The van der Waals surface area contributed by atoms with Crippen molar-refractivity contribution in [3.8, 4) is 5.75 Å². The molecule has 1 aliphatic rings. The molecule has 1 aliphatic heterocycles. The summed E-state index contributed by atoms with van der Waals surface area (Å²) in [4.78, 5) is 8.57. The van der Waals surface area contributed by atoms with E-state index in [0.717, 1.165) is 22.2 Å². The Morgan fingerprint density at radius 2 is 1.95 bits per heavy atom. The Morgan fingerprint density at radius 3 is 2.70 bits per heavy atom. The Hall–Kier alpha value is -1.62. The zero-order valence-electron chi connectivity index (χ0n) is 11.4. The summed E-state index contributed by atoms with van der Waals surface area (Å²) < 4.78 is 6.89. The first-order valence-corrected chi connectivity index (χ1v) is 7.35. The van der Waals surface area contributed by atoms with Gasteiger partial charge in [0.2, 0.25) is 5.95 Å². The van der Waals surface area contributed by atoms with Crippen LogP contribution in [0.15, 0.2) is 41.1 Å². The first-order valence-electron chi connectivity index (χ1n) is 6.55. The standard InChI is InChI=1S/C15H16BrN3O/c1-15(2)7-12(11-5-3-4-6-13(11)20-15)19-14-17-8-10(16)9-18-14/h3-6,8-9,12H,7H2,1-2H3,(H,17,18,19). The molecule has 2 aromatic rings. The normalized spacial score (nSPS) is 19.9. The highest BCUT2D eigenvalue weighted by Gasteiger charge is 2.33. The van der Waals surface area contributed by atoms with E-state index in [-0.39, 0.29) is 11.6 Å². The Morgan fingerprint density at radius 1 is 1.25 bits per heavy atom. The molecule has 0 aliphatic carbocycles. The third-order valence-electron chi connectivity index (χ3n) is 3.30. The van der Waals surface area contributed by atoms with Crippen molar-refractivity contribution in [1.82, 2.24) is 9.97 Å². The molecule has 0 saturated heterocycles. The van der Waals surface area contributed by atoms with Crippen LogP contribution in [-0.2, 0) is 0 Å². The molecule has 1 aromatic carbocycles. The highest BCUT2D eigenvalue weighted by molar-refractivity contribution is 9.10. The molecule has 5 heteroatoms. The molecule has 3 rings (SSSR count). The third-order valence-corrected chi connectivity index (χ3v) is 3.71. The van der Waals surface area contributed by atoms with E-state index in [2.05, 4.69) is 51.1 Å². The average molecular weight is 334 g/mol. The van der Waals surface area contributed by atoms with E-state index in [0.29, 0.717) is 5.95 Å². The van der Waals surface area contributed by atoms with E-state index in [4.69, 9.17) is 4.74 Å². The van der Waals surface area contributed by atoms with Gasteiger partial charge in [-0.05, 0) is 35.8 Å². The van der Waals surface area contributed by atoms with Gasteiger partial charge < -0.3 is 10.1 Å². The second-order valence-electron chi connectivity index (χ2n) is 5.53. The largest absolute Gasteiger partial charge is 0.487 e. The van der Waals surface area contributed by atoms with E-state index in [1.165, 1.54) is 0 Å². The molecule has 0 saturated carbocycles. The lowest BCUT2D eigenvalue weighted by Gasteiger charge is -2.37. The van der Waals surface area contributed by atoms with Gasteiger partial charge in [-0.25, -0.2) is 9.97 Å². The van der Waals surface area contributed by atoms with Crippen LogP contribution in [0, 0.1) is 0 Å². The highest BCUT2D eigenvalue weighted by atomic mass is 79.9. The second-order valence-corrected chi connectivity index (χ2v) is 6.44. The Kier molecular flexibility index (Phi) is 3.38. The fourth-order valence-electron chi connectivity index (χ4n) is 2.47. The number of nitrogens with one attached hydrogen (secondary N) is 1. The number of fused-ring (bicyclic) bond motifs is 1. The summed E-state index contributed by atoms with van der Waals surface area (Å²) in [6.07, 6.45) is 4.35. The van der Waals surface area contributed by atoms with Crippen LogP contribution in [0.4, 0.5) is 5.95 Å². The molecule has 0 radical (unpaired) electrons. The van der Waals surface area contributed by atoms with Crippen molar-refractivity contribution in [2.24, 2.45) is 0 Å². The number of aromatic nitrogens is 2. The predicted molar refractivity (Wildman–Crippen MR) is 81.9 cm³/mol. The van der Waals surface area contributed by atoms with Gasteiger partial charge in [-0.1, -0.05) is 18.2 Å². The van der Waals surface area contributed by atoms with Crippen molar-refractivity contribution < 1.29 is 4.74 Å². The van der Waals surface area contributed by atoms with Crippen molar-refractivity contribution in [3.05, 3.63) is 46.7 Å². The molecule has 0 fully saturated rings.